The molecule has 0 radical (unpaired) electrons. The molecule has 0 saturated heterocycles. The van der Waals surface area contributed by atoms with Crippen molar-refractivity contribution in [1.82, 2.24) is 0 Å². The predicted octanol–water partition coefficient (Wildman–Crippen LogP) is 2.31. The summed E-state index contributed by atoms with van der Waals surface area (Å²) in [7, 11) is 0. The Kier molecular flexibility index (Phi) is 2.42. The van der Waals surface area contributed by atoms with Crippen LogP contribution < -0.4 is 10.5 Å². The molecule has 2 N–H and O–H groups in total. The van der Waals surface area contributed by atoms with Gasteiger partial charge in [0.2, 0.25) is 0 Å². The summed E-state index contributed by atoms with van der Waals surface area (Å²) in [5.74, 6) is 0.0925. The van der Waals surface area contributed by atoms with Gasteiger partial charge in [-0.3, -0.25) is 0 Å². The molecule has 1 aliphatic rings. The fraction of sp³-hybridized carbons (Fsp3) is 0.455. The Morgan fingerprint density at radius 1 is 1.50 bits per heavy atom. The summed E-state index contributed by atoms with van der Waals surface area (Å²) in [6.45, 7) is 2.29. The van der Waals surface area contributed by atoms with E-state index < -0.39 is 0 Å². The van der Waals surface area contributed by atoms with Crippen LogP contribution in [-0.4, -0.2) is 6.61 Å². The van der Waals surface area contributed by atoms with Crippen molar-refractivity contribution in [3.05, 3.63) is 29.1 Å². The van der Waals surface area contributed by atoms with E-state index in [4.69, 9.17) is 10.5 Å². The minimum Gasteiger partial charge on any atom is -0.490 e. The Bertz CT molecular complexity index is 351. The summed E-state index contributed by atoms with van der Waals surface area (Å²) in [5, 5.41) is 0. The second-order valence-electron chi connectivity index (χ2n) is 3.71. The van der Waals surface area contributed by atoms with Gasteiger partial charge in [0, 0.05) is 11.6 Å². The maximum absolute atomic E-state index is 13.7. The summed E-state index contributed by atoms with van der Waals surface area (Å²) >= 11 is 0. The largest absolute Gasteiger partial charge is 0.490 e. The van der Waals surface area contributed by atoms with Crippen LogP contribution in [0.15, 0.2) is 12.1 Å². The predicted molar refractivity (Wildman–Crippen MR) is 52.8 cm³/mol. The third kappa shape index (κ3) is 1.48. The fourth-order valence-corrected chi connectivity index (χ4v) is 1.74. The molecule has 1 atom stereocenters. The van der Waals surface area contributed by atoms with Crippen LogP contribution in [0.1, 0.15) is 30.0 Å². The van der Waals surface area contributed by atoms with Crippen LogP contribution in [0.4, 0.5) is 4.39 Å². The third-order valence-corrected chi connectivity index (χ3v) is 2.63. The Labute approximate surface area is 82.9 Å². The summed E-state index contributed by atoms with van der Waals surface area (Å²) in [6, 6.07) is 3.52. The molecule has 1 aromatic carbocycles. The molecule has 0 saturated carbocycles. The highest BCUT2D eigenvalue weighted by Gasteiger charge is 2.20. The van der Waals surface area contributed by atoms with Gasteiger partial charge in [0.05, 0.1) is 6.61 Å². The lowest BCUT2D eigenvalue weighted by Gasteiger charge is -2.13. The number of benzene rings is 1. The van der Waals surface area contributed by atoms with E-state index in [-0.39, 0.29) is 11.9 Å². The molecule has 0 spiro atoms. The highest BCUT2D eigenvalue weighted by Crippen LogP contribution is 2.33. The van der Waals surface area contributed by atoms with E-state index in [9.17, 15) is 4.39 Å². The molecular formula is C11H14FNO. The van der Waals surface area contributed by atoms with Crippen LogP contribution >= 0.6 is 0 Å². The number of rotatable bonds is 0. The van der Waals surface area contributed by atoms with Gasteiger partial charge in [-0.25, -0.2) is 4.39 Å². The molecule has 0 fully saturated rings. The van der Waals surface area contributed by atoms with E-state index in [0.717, 1.165) is 18.4 Å². The van der Waals surface area contributed by atoms with Gasteiger partial charge in [-0.1, -0.05) is 12.1 Å². The second-order valence-corrected chi connectivity index (χ2v) is 3.71. The van der Waals surface area contributed by atoms with Gasteiger partial charge in [0.15, 0.2) is 11.6 Å². The first kappa shape index (κ1) is 9.46. The Morgan fingerprint density at radius 2 is 2.29 bits per heavy atom. The van der Waals surface area contributed by atoms with Gasteiger partial charge in [-0.2, -0.15) is 0 Å². The highest BCUT2D eigenvalue weighted by molar-refractivity contribution is 5.41. The van der Waals surface area contributed by atoms with Crippen molar-refractivity contribution in [2.45, 2.75) is 25.8 Å². The molecule has 2 nitrogen and oxygen atoms in total. The molecule has 1 heterocycles. The average molecular weight is 195 g/mol. The van der Waals surface area contributed by atoms with Gasteiger partial charge < -0.3 is 10.5 Å². The summed E-state index contributed by atoms with van der Waals surface area (Å²) in [4.78, 5) is 0. The van der Waals surface area contributed by atoms with Gasteiger partial charge in [-0.15, -0.1) is 0 Å². The van der Waals surface area contributed by atoms with Crippen molar-refractivity contribution >= 4 is 0 Å². The van der Waals surface area contributed by atoms with E-state index >= 15 is 0 Å². The van der Waals surface area contributed by atoms with Gasteiger partial charge >= 0.3 is 0 Å². The van der Waals surface area contributed by atoms with Crippen LogP contribution in [-0.2, 0) is 0 Å². The van der Waals surface area contributed by atoms with E-state index in [1.54, 1.807) is 13.0 Å². The van der Waals surface area contributed by atoms with Crippen LogP contribution in [0.3, 0.4) is 0 Å². The number of ether oxygens (including phenoxy) is 1. The first-order valence-corrected chi connectivity index (χ1v) is 4.87. The molecule has 1 unspecified atom stereocenters. The first-order valence-electron chi connectivity index (χ1n) is 4.87. The number of hydrogen-bond donors (Lipinski definition) is 1. The monoisotopic (exact) mass is 195 g/mol. The lowest BCUT2D eigenvalue weighted by molar-refractivity contribution is 0.300. The maximum Gasteiger partial charge on any atom is 0.168 e. The molecule has 1 aromatic rings. The number of nitrogens with two attached hydrogens (primary N) is 1. The third-order valence-electron chi connectivity index (χ3n) is 2.63. The van der Waals surface area contributed by atoms with Gasteiger partial charge in [0.1, 0.15) is 0 Å². The zero-order valence-corrected chi connectivity index (χ0v) is 8.22. The lowest BCUT2D eigenvalue weighted by Crippen LogP contribution is -2.09. The Balaban J connectivity index is 2.53. The second kappa shape index (κ2) is 3.58. The quantitative estimate of drug-likeness (QED) is 0.689. The van der Waals surface area contributed by atoms with Crippen LogP contribution in [0.5, 0.6) is 5.75 Å². The molecular weight excluding hydrogens is 181 g/mol. The Morgan fingerprint density at radius 3 is 3.07 bits per heavy atom. The van der Waals surface area contributed by atoms with Crippen molar-refractivity contribution in [2.24, 2.45) is 5.73 Å². The summed E-state index contributed by atoms with van der Waals surface area (Å²) in [6.07, 6.45) is 1.74. The molecule has 0 aliphatic carbocycles. The molecule has 2 rings (SSSR count). The zero-order chi connectivity index (χ0) is 10.1. The van der Waals surface area contributed by atoms with Crippen LogP contribution in [0, 0.1) is 12.7 Å². The van der Waals surface area contributed by atoms with Crippen molar-refractivity contribution < 1.29 is 9.13 Å². The van der Waals surface area contributed by atoms with E-state index in [1.165, 1.54) is 0 Å². The normalized spacial score (nSPS) is 20.9. The number of fused-ring (bicyclic) bond motifs is 1. The molecule has 0 amide bonds. The van der Waals surface area contributed by atoms with Crippen molar-refractivity contribution in [3.8, 4) is 5.75 Å². The smallest absolute Gasteiger partial charge is 0.168 e. The van der Waals surface area contributed by atoms with Gasteiger partial charge in [-0.05, 0) is 25.3 Å². The minimum absolute atomic E-state index is 0.0948. The number of aryl methyl sites for hydroxylation is 1. The van der Waals surface area contributed by atoms with E-state index in [1.807, 2.05) is 6.07 Å². The zero-order valence-electron chi connectivity index (χ0n) is 8.22. The maximum atomic E-state index is 13.7. The van der Waals surface area contributed by atoms with Crippen LogP contribution in [0.25, 0.3) is 0 Å². The van der Waals surface area contributed by atoms with E-state index in [2.05, 4.69) is 0 Å². The summed E-state index contributed by atoms with van der Waals surface area (Å²) in [5.41, 5.74) is 7.32. The SMILES string of the molecule is Cc1ccc2c(c1F)OCCCC2N. The molecule has 0 bridgehead atoms. The molecule has 3 heteroatoms. The Hall–Kier alpha value is -1.09. The van der Waals surface area contributed by atoms with E-state index in [0.29, 0.717) is 17.9 Å². The first-order chi connectivity index (χ1) is 6.70. The minimum atomic E-state index is -0.264. The fourth-order valence-electron chi connectivity index (χ4n) is 1.74. The summed E-state index contributed by atoms with van der Waals surface area (Å²) < 4.78 is 19.0. The molecule has 14 heavy (non-hydrogen) atoms. The molecule has 76 valence electrons. The van der Waals surface area contributed by atoms with Crippen molar-refractivity contribution in [2.75, 3.05) is 6.61 Å². The van der Waals surface area contributed by atoms with Crippen molar-refractivity contribution in [1.29, 1.82) is 0 Å². The topological polar surface area (TPSA) is 35.2 Å². The van der Waals surface area contributed by atoms with Crippen molar-refractivity contribution in [3.63, 3.8) is 0 Å². The number of halogens is 1. The molecule has 0 aromatic heterocycles. The lowest BCUT2D eigenvalue weighted by atomic mass is 10.0. The average Bonchev–Trinajstić information content (AvgIpc) is 2.35. The van der Waals surface area contributed by atoms with Gasteiger partial charge in [0.25, 0.3) is 0 Å². The standard InChI is InChI=1S/C11H14FNO/c1-7-4-5-8-9(13)3-2-6-14-11(8)10(7)12/h4-5,9H,2-3,6,13H2,1H3. The number of hydrogen-bond acceptors (Lipinski definition) is 2. The van der Waals surface area contributed by atoms with Crippen LogP contribution in [0.2, 0.25) is 0 Å². The highest BCUT2D eigenvalue weighted by atomic mass is 19.1. The molecule has 1 aliphatic heterocycles.